The molecule has 0 spiro atoms. The van der Waals surface area contributed by atoms with E-state index >= 15 is 0 Å². The Hall–Kier alpha value is -0.620. The Bertz CT molecular complexity index is 286. The molecule has 0 aromatic carbocycles. The minimum absolute atomic E-state index is 0.0116. The number of nitrogens with one attached hydrogen (secondary N) is 1. The molecule has 14 heavy (non-hydrogen) atoms. The van der Waals surface area contributed by atoms with Crippen LogP contribution in [0.3, 0.4) is 0 Å². The van der Waals surface area contributed by atoms with Crippen molar-refractivity contribution in [2.75, 3.05) is 18.1 Å². The SMILES string of the molecule is NCCC(=O)NC1CCS(=O)(=O)CC1. The van der Waals surface area contributed by atoms with E-state index in [-0.39, 0.29) is 23.5 Å². The van der Waals surface area contributed by atoms with Crippen molar-refractivity contribution in [1.29, 1.82) is 0 Å². The van der Waals surface area contributed by atoms with Gasteiger partial charge in [0.15, 0.2) is 0 Å². The minimum atomic E-state index is -2.84. The molecular weight excluding hydrogens is 204 g/mol. The quantitative estimate of drug-likeness (QED) is 0.640. The van der Waals surface area contributed by atoms with Crippen molar-refractivity contribution in [3.63, 3.8) is 0 Å². The van der Waals surface area contributed by atoms with Crippen LogP contribution < -0.4 is 11.1 Å². The average molecular weight is 220 g/mol. The summed E-state index contributed by atoms with van der Waals surface area (Å²) < 4.78 is 22.1. The number of hydrogen-bond donors (Lipinski definition) is 2. The van der Waals surface area contributed by atoms with Gasteiger partial charge in [-0.1, -0.05) is 0 Å². The lowest BCUT2D eigenvalue weighted by atomic mass is 10.1. The first-order valence-electron chi connectivity index (χ1n) is 4.73. The van der Waals surface area contributed by atoms with Crippen LogP contribution in [0.25, 0.3) is 0 Å². The topological polar surface area (TPSA) is 89.3 Å². The van der Waals surface area contributed by atoms with Crippen molar-refractivity contribution in [3.05, 3.63) is 0 Å². The summed E-state index contributed by atoms with van der Waals surface area (Å²) in [6, 6.07) is 0.0116. The Morgan fingerprint density at radius 2 is 1.93 bits per heavy atom. The number of carbonyl (C=O) groups excluding carboxylic acids is 1. The molecule has 0 saturated carbocycles. The fraction of sp³-hybridized carbons (Fsp3) is 0.875. The lowest BCUT2D eigenvalue weighted by Crippen LogP contribution is -2.41. The van der Waals surface area contributed by atoms with E-state index in [1.807, 2.05) is 0 Å². The van der Waals surface area contributed by atoms with E-state index in [1.165, 1.54) is 0 Å². The molecule has 5 nitrogen and oxygen atoms in total. The van der Waals surface area contributed by atoms with Gasteiger partial charge < -0.3 is 11.1 Å². The zero-order valence-corrected chi connectivity index (χ0v) is 8.85. The van der Waals surface area contributed by atoms with Crippen LogP contribution in [0.2, 0.25) is 0 Å². The van der Waals surface area contributed by atoms with E-state index in [1.54, 1.807) is 0 Å². The Morgan fingerprint density at radius 3 is 2.43 bits per heavy atom. The van der Waals surface area contributed by atoms with Gasteiger partial charge in [-0.3, -0.25) is 4.79 Å². The smallest absolute Gasteiger partial charge is 0.221 e. The van der Waals surface area contributed by atoms with Gasteiger partial charge >= 0.3 is 0 Å². The van der Waals surface area contributed by atoms with Crippen LogP contribution in [0.4, 0.5) is 0 Å². The summed E-state index contributed by atoms with van der Waals surface area (Å²) in [6.07, 6.45) is 1.36. The molecule has 1 fully saturated rings. The van der Waals surface area contributed by atoms with Gasteiger partial charge in [-0.05, 0) is 12.8 Å². The monoisotopic (exact) mass is 220 g/mol. The van der Waals surface area contributed by atoms with E-state index in [2.05, 4.69) is 5.32 Å². The zero-order valence-electron chi connectivity index (χ0n) is 8.03. The van der Waals surface area contributed by atoms with Crippen LogP contribution >= 0.6 is 0 Å². The summed E-state index contributed by atoms with van der Waals surface area (Å²) in [7, 11) is -2.84. The molecule has 1 aliphatic rings. The summed E-state index contributed by atoms with van der Waals surface area (Å²) in [6.45, 7) is 0.330. The van der Waals surface area contributed by atoms with Crippen LogP contribution in [0.1, 0.15) is 19.3 Å². The fourth-order valence-electron chi connectivity index (χ4n) is 1.47. The molecule has 1 amide bonds. The third-order valence-corrected chi connectivity index (χ3v) is 4.01. The van der Waals surface area contributed by atoms with Crippen molar-refractivity contribution in [2.45, 2.75) is 25.3 Å². The minimum Gasteiger partial charge on any atom is -0.353 e. The molecule has 6 heteroatoms. The third-order valence-electron chi connectivity index (χ3n) is 2.29. The Labute approximate surface area is 84.0 Å². The maximum absolute atomic E-state index is 11.1. The maximum Gasteiger partial charge on any atom is 0.221 e. The highest BCUT2D eigenvalue weighted by Gasteiger charge is 2.24. The first-order chi connectivity index (χ1) is 6.53. The largest absolute Gasteiger partial charge is 0.353 e. The molecule has 1 aliphatic heterocycles. The predicted octanol–water partition coefficient (Wildman–Crippen LogP) is -0.971. The number of sulfone groups is 1. The van der Waals surface area contributed by atoms with Gasteiger partial charge in [0.25, 0.3) is 0 Å². The molecular formula is C8H16N2O3S. The van der Waals surface area contributed by atoms with Crippen LogP contribution in [-0.2, 0) is 14.6 Å². The van der Waals surface area contributed by atoms with E-state index < -0.39 is 9.84 Å². The lowest BCUT2D eigenvalue weighted by molar-refractivity contribution is -0.121. The molecule has 0 bridgehead atoms. The van der Waals surface area contributed by atoms with Gasteiger partial charge in [0.2, 0.25) is 5.91 Å². The molecule has 0 unspecified atom stereocenters. The highest BCUT2D eigenvalue weighted by Crippen LogP contribution is 2.11. The first kappa shape index (κ1) is 11.5. The standard InChI is InChI=1S/C8H16N2O3S/c9-4-1-8(11)10-7-2-5-14(12,13)6-3-7/h7H,1-6,9H2,(H,10,11). The first-order valence-corrected chi connectivity index (χ1v) is 6.55. The van der Waals surface area contributed by atoms with Crippen LogP contribution in [-0.4, -0.2) is 38.4 Å². The summed E-state index contributed by atoms with van der Waals surface area (Å²) in [5, 5.41) is 2.77. The molecule has 1 heterocycles. The van der Waals surface area contributed by atoms with Gasteiger partial charge in [-0.15, -0.1) is 0 Å². The second kappa shape index (κ2) is 4.75. The second-order valence-corrected chi connectivity index (χ2v) is 5.84. The number of hydrogen-bond acceptors (Lipinski definition) is 4. The maximum atomic E-state index is 11.1. The summed E-state index contributed by atoms with van der Waals surface area (Å²) >= 11 is 0. The Balaban J connectivity index is 2.32. The molecule has 1 rings (SSSR count). The Morgan fingerprint density at radius 1 is 1.36 bits per heavy atom. The number of amides is 1. The molecule has 0 radical (unpaired) electrons. The van der Waals surface area contributed by atoms with Gasteiger partial charge in [0, 0.05) is 19.0 Å². The number of rotatable bonds is 3. The van der Waals surface area contributed by atoms with Crippen molar-refractivity contribution in [1.82, 2.24) is 5.32 Å². The fourth-order valence-corrected chi connectivity index (χ4v) is 2.96. The number of nitrogens with two attached hydrogens (primary N) is 1. The van der Waals surface area contributed by atoms with E-state index in [9.17, 15) is 13.2 Å². The van der Waals surface area contributed by atoms with Crippen molar-refractivity contribution < 1.29 is 13.2 Å². The molecule has 0 aromatic rings. The van der Waals surface area contributed by atoms with Gasteiger partial charge in [0.05, 0.1) is 11.5 Å². The second-order valence-electron chi connectivity index (χ2n) is 3.53. The van der Waals surface area contributed by atoms with Crippen LogP contribution in [0.15, 0.2) is 0 Å². The molecule has 82 valence electrons. The van der Waals surface area contributed by atoms with Gasteiger partial charge in [-0.2, -0.15) is 0 Å². The van der Waals surface area contributed by atoms with Crippen LogP contribution in [0, 0.1) is 0 Å². The van der Waals surface area contributed by atoms with E-state index in [0.29, 0.717) is 25.8 Å². The van der Waals surface area contributed by atoms with Crippen LogP contribution in [0.5, 0.6) is 0 Å². The predicted molar refractivity (Wildman–Crippen MR) is 53.5 cm³/mol. The molecule has 1 saturated heterocycles. The lowest BCUT2D eigenvalue weighted by Gasteiger charge is -2.22. The molecule has 0 aliphatic carbocycles. The van der Waals surface area contributed by atoms with Gasteiger partial charge in [0.1, 0.15) is 9.84 Å². The highest BCUT2D eigenvalue weighted by atomic mass is 32.2. The van der Waals surface area contributed by atoms with Crippen molar-refractivity contribution >= 4 is 15.7 Å². The summed E-state index contributed by atoms with van der Waals surface area (Å²) in [5.41, 5.74) is 5.22. The van der Waals surface area contributed by atoms with Crippen molar-refractivity contribution in [2.24, 2.45) is 5.73 Å². The van der Waals surface area contributed by atoms with E-state index in [0.717, 1.165) is 0 Å². The molecule has 3 N–H and O–H groups in total. The summed E-state index contributed by atoms with van der Waals surface area (Å²) in [5.74, 6) is 0.276. The third kappa shape index (κ3) is 3.63. The Kier molecular flexibility index (Phi) is 3.88. The number of carbonyl (C=O) groups is 1. The van der Waals surface area contributed by atoms with Crippen molar-refractivity contribution in [3.8, 4) is 0 Å². The highest BCUT2D eigenvalue weighted by molar-refractivity contribution is 7.91. The normalized spacial score (nSPS) is 21.8. The van der Waals surface area contributed by atoms with Gasteiger partial charge in [-0.25, -0.2) is 8.42 Å². The average Bonchev–Trinajstić information content (AvgIpc) is 2.09. The van der Waals surface area contributed by atoms with E-state index in [4.69, 9.17) is 5.73 Å². The zero-order chi connectivity index (χ0) is 10.6. The molecule has 0 aromatic heterocycles. The molecule has 0 atom stereocenters. The summed E-state index contributed by atoms with van der Waals surface area (Å²) in [4.78, 5) is 11.1.